The molecule has 4 amide bonds. The average molecular weight is 391 g/mol. The van der Waals surface area contributed by atoms with Crippen LogP contribution in [-0.4, -0.2) is 81.8 Å². The molecule has 0 aromatic heterocycles. The van der Waals surface area contributed by atoms with E-state index >= 15 is 0 Å². The van der Waals surface area contributed by atoms with E-state index in [9.17, 15) is 29.1 Å². The zero-order chi connectivity index (χ0) is 21.3. The first kappa shape index (κ1) is 24.2. The summed E-state index contributed by atoms with van der Waals surface area (Å²) in [5.74, 6) is -5.09. The van der Waals surface area contributed by atoms with Crippen LogP contribution in [0.4, 0.5) is 0 Å². The van der Waals surface area contributed by atoms with Crippen molar-refractivity contribution in [3.8, 4) is 0 Å². The van der Waals surface area contributed by atoms with Gasteiger partial charge in [-0.05, 0) is 13.8 Å². The number of hydrogen-bond acceptors (Lipinski definition) is 8. The van der Waals surface area contributed by atoms with E-state index in [0.717, 1.165) is 0 Å². The van der Waals surface area contributed by atoms with Crippen molar-refractivity contribution in [1.29, 1.82) is 0 Å². The average Bonchev–Trinajstić information content (AvgIpc) is 2.55. The highest BCUT2D eigenvalue weighted by molar-refractivity contribution is 5.95. The second-order valence-corrected chi connectivity index (χ2v) is 5.82. The molecule has 10 N–H and O–H groups in total. The maximum Gasteiger partial charge on any atom is 0.328 e. The lowest BCUT2D eigenvalue weighted by molar-refractivity contribution is -0.143. The zero-order valence-corrected chi connectivity index (χ0v) is 14.8. The van der Waals surface area contributed by atoms with Crippen LogP contribution in [0.2, 0.25) is 0 Å². The van der Waals surface area contributed by atoms with Crippen LogP contribution in [0.15, 0.2) is 0 Å². The van der Waals surface area contributed by atoms with Crippen molar-refractivity contribution in [3.63, 3.8) is 0 Å². The van der Waals surface area contributed by atoms with E-state index in [0.29, 0.717) is 0 Å². The third kappa shape index (κ3) is 8.44. The number of carboxylic acid groups (broad SMARTS) is 1. The summed E-state index contributed by atoms with van der Waals surface area (Å²) in [4.78, 5) is 57.5. The molecule has 0 saturated carbocycles. The molecule has 0 aliphatic rings. The van der Waals surface area contributed by atoms with Crippen molar-refractivity contribution in [2.45, 2.75) is 50.5 Å². The van der Waals surface area contributed by atoms with Crippen LogP contribution in [0.5, 0.6) is 0 Å². The van der Waals surface area contributed by atoms with Gasteiger partial charge in [0.05, 0.1) is 25.2 Å². The monoisotopic (exact) mass is 391 g/mol. The zero-order valence-electron chi connectivity index (χ0n) is 14.8. The Morgan fingerprint density at radius 1 is 0.963 bits per heavy atom. The predicted octanol–water partition coefficient (Wildman–Crippen LogP) is -4.88. The van der Waals surface area contributed by atoms with Crippen LogP contribution in [0, 0.1) is 0 Å². The first-order valence-corrected chi connectivity index (χ1v) is 7.87. The second-order valence-electron chi connectivity index (χ2n) is 5.82. The van der Waals surface area contributed by atoms with Crippen LogP contribution in [-0.2, 0) is 24.0 Å². The van der Waals surface area contributed by atoms with Crippen molar-refractivity contribution >= 4 is 29.6 Å². The molecule has 13 nitrogen and oxygen atoms in total. The summed E-state index contributed by atoms with van der Waals surface area (Å²) in [7, 11) is 0. The van der Waals surface area contributed by atoms with E-state index in [1.807, 2.05) is 5.32 Å². The Morgan fingerprint density at radius 3 is 1.93 bits per heavy atom. The second kappa shape index (κ2) is 11.1. The largest absolute Gasteiger partial charge is 0.480 e. The molecule has 154 valence electrons. The van der Waals surface area contributed by atoms with Gasteiger partial charge in [0.2, 0.25) is 23.6 Å². The fourth-order valence-corrected chi connectivity index (χ4v) is 1.83. The number of carbonyl (C=O) groups is 5. The van der Waals surface area contributed by atoms with Crippen LogP contribution < -0.4 is 27.4 Å². The first-order valence-electron chi connectivity index (χ1n) is 7.87. The Kier molecular flexibility index (Phi) is 9.92. The predicted molar refractivity (Wildman–Crippen MR) is 89.7 cm³/mol. The minimum Gasteiger partial charge on any atom is -0.480 e. The molecule has 5 atom stereocenters. The molecule has 0 fully saturated rings. The molecule has 0 saturated heterocycles. The van der Waals surface area contributed by atoms with Gasteiger partial charge in [0, 0.05) is 0 Å². The normalized spacial score (nSPS) is 16.2. The Bertz CT molecular complexity index is 582. The smallest absolute Gasteiger partial charge is 0.328 e. The molecular formula is C14H25N5O8. The topological polar surface area (TPSA) is 234 Å². The standard InChI is InChI=1S/C14H25N5O8/c1-5(11(23)18-8(4-20)14(26)27)17-13(25)10(6(2)21)19-12(24)7(15)3-9(16)22/h5-8,10,20-21H,3-4,15H2,1-2H3,(H2,16,22)(H,17,25)(H,18,23)(H,19,24)(H,26,27)/t5-,6+,7-,8-,10-/m0/s1. The number of carbonyl (C=O) groups excluding carboxylic acids is 4. The molecular weight excluding hydrogens is 366 g/mol. The van der Waals surface area contributed by atoms with E-state index in [1.165, 1.54) is 13.8 Å². The first-order chi connectivity index (χ1) is 12.4. The quantitative estimate of drug-likeness (QED) is 0.168. The highest BCUT2D eigenvalue weighted by atomic mass is 16.4. The third-order valence-corrected chi connectivity index (χ3v) is 3.37. The number of hydrogen-bond donors (Lipinski definition) is 8. The van der Waals surface area contributed by atoms with Gasteiger partial charge in [-0.15, -0.1) is 0 Å². The minimum atomic E-state index is -1.56. The Balaban J connectivity index is 4.92. The number of rotatable bonds is 11. The molecule has 0 aromatic carbocycles. The molecule has 27 heavy (non-hydrogen) atoms. The molecule has 0 radical (unpaired) electrons. The van der Waals surface area contributed by atoms with Crippen LogP contribution in [0.25, 0.3) is 0 Å². The number of aliphatic carboxylic acids is 1. The summed E-state index contributed by atoms with van der Waals surface area (Å²) in [6.45, 7) is 1.57. The lowest BCUT2D eigenvalue weighted by atomic mass is 10.1. The van der Waals surface area contributed by atoms with Crippen molar-refractivity contribution in [2.24, 2.45) is 11.5 Å². The van der Waals surface area contributed by atoms with Gasteiger partial charge in [0.15, 0.2) is 0 Å². The minimum absolute atomic E-state index is 0.476. The van der Waals surface area contributed by atoms with E-state index in [-0.39, 0.29) is 0 Å². The lowest BCUT2D eigenvalue weighted by Crippen LogP contribution is -2.59. The number of nitrogens with two attached hydrogens (primary N) is 2. The molecule has 0 aromatic rings. The Hall–Kier alpha value is -2.77. The molecule has 0 aliphatic heterocycles. The molecule has 13 heteroatoms. The maximum atomic E-state index is 12.2. The van der Waals surface area contributed by atoms with Crippen molar-refractivity contribution in [2.75, 3.05) is 6.61 Å². The summed E-state index contributed by atoms with van der Waals surface area (Å²) < 4.78 is 0. The van der Waals surface area contributed by atoms with Gasteiger partial charge in [0.25, 0.3) is 0 Å². The van der Waals surface area contributed by atoms with Gasteiger partial charge in [-0.1, -0.05) is 0 Å². The Morgan fingerprint density at radius 2 is 1.52 bits per heavy atom. The van der Waals surface area contributed by atoms with E-state index in [1.54, 1.807) is 0 Å². The lowest BCUT2D eigenvalue weighted by Gasteiger charge is -2.24. The SMILES string of the molecule is C[C@H](NC(=O)[C@@H](NC(=O)[C@@H](N)CC(N)=O)[C@@H](C)O)C(=O)N[C@@H](CO)C(=O)O. The van der Waals surface area contributed by atoms with Crippen LogP contribution in [0.1, 0.15) is 20.3 Å². The summed E-state index contributed by atoms with van der Waals surface area (Å²) in [6, 6.07) is -5.64. The molecule has 0 bridgehead atoms. The van der Waals surface area contributed by atoms with Gasteiger partial charge >= 0.3 is 5.97 Å². The molecule has 0 rings (SSSR count). The number of amides is 4. The number of aliphatic hydroxyl groups excluding tert-OH is 2. The summed E-state index contributed by atoms with van der Waals surface area (Å²) in [6.07, 6.45) is -1.86. The summed E-state index contributed by atoms with van der Waals surface area (Å²) >= 11 is 0. The number of nitrogens with one attached hydrogen (secondary N) is 3. The fourth-order valence-electron chi connectivity index (χ4n) is 1.83. The highest BCUT2D eigenvalue weighted by Crippen LogP contribution is 1.98. The van der Waals surface area contributed by atoms with Gasteiger partial charge in [-0.25, -0.2) is 4.79 Å². The number of carboxylic acids is 1. The Labute approximate surface area is 154 Å². The van der Waals surface area contributed by atoms with Crippen LogP contribution >= 0.6 is 0 Å². The van der Waals surface area contributed by atoms with Gasteiger partial charge in [-0.2, -0.15) is 0 Å². The molecule has 0 spiro atoms. The summed E-state index contributed by atoms with van der Waals surface area (Å²) in [5.41, 5.74) is 10.4. The van der Waals surface area contributed by atoms with Gasteiger partial charge in [0.1, 0.15) is 18.1 Å². The van der Waals surface area contributed by atoms with E-state index in [4.69, 9.17) is 21.7 Å². The van der Waals surface area contributed by atoms with E-state index in [2.05, 4.69) is 10.6 Å². The fraction of sp³-hybridized carbons (Fsp3) is 0.643. The van der Waals surface area contributed by atoms with Crippen LogP contribution in [0.3, 0.4) is 0 Å². The van der Waals surface area contributed by atoms with Gasteiger partial charge < -0.3 is 42.7 Å². The van der Waals surface area contributed by atoms with Crippen molar-refractivity contribution in [1.82, 2.24) is 16.0 Å². The molecule has 0 aliphatic carbocycles. The maximum absolute atomic E-state index is 12.2. The third-order valence-electron chi connectivity index (χ3n) is 3.37. The van der Waals surface area contributed by atoms with Crippen molar-refractivity contribution < 1.29 is 39.3 Å². The molecule has 0 unspecified atom stereocenters. The number of aliphatic hydroxyl groups is 2. The highest BCUT2D eigenvalue weighted by Gasteiger charge is 2.31. The summed E-state index contributed by atoms with van der Waals surface area (Å²) in [5, 5.41) is 33.6. The molecule has 0 heterocycles. The van der Waals surface area contributed by atoms with Crippen molar-refractivity contribution in [3.05, 3.63) is 0 Å². The number of primary amides is 1. The van der Waals surface area contributed by atoms with E-state index < -0.39 is 72.9 Å². The van der Waals surface area contributed by atoms with Gasteiger partial charge in [-0.3, -0.25) is 19.2 Å².